The van der Waals surface area contributed by atoms with Gasteiger partial charge in [0, 0.05) is 13.1 Å². The Bertz CT molecular complexity index is 1090. The topological polar surface area (TPSA) is 74.1 Å². The summed E-state index contributed by atoms with van der Waals surface area (Å²) < 4.78 is 70.9. The molecule has 0 saturated heterocycles. The molecule has 2 aromatic heterocycles. The van der Waals surface area contributed by atoms with E-state index in [1.54, 1.807) is 19.1 Å². The van der Waals surface area contributed by atoms with Crippen LogP contribution in [0.2, 0.25) is 0 Å². The molecule has 0 aliphatic rings. The highest BCUT2D eigenvalue weighted by atomic mass is 32.2. The first kappa shape index (κ1) is 18.2. The molecule has 6 nitrogen and oxygen atoms in total. The maximum atomic E-state index is 13.4. The average molecular weight is 385 g/mol. The number of aromatic nitrogens is 3. The van der Waals surface area contributed by atoms with Crippen LogP contribution >= 0.6 is 0 Å². The molecule has 3 rings (SSSR count). The van der Waals surface area contributed by atoms with E-state index < -0.39 is 27.7 Å². The Morgan fingerprint density at radius 3 is 2.31 bits per heavy atom. The van der Waals surface area contributed by atoms with Crippen molar-refractivity contribution >= 4 is 21.2 Å². The fourth-order valence-electron chi connectivity index (χ4n) is 2.55. The van der Waals surface area contributed by atoms with E-state index in [9.17, 15) is 21.6 Å². The quantitative estimate of drug-likeness (QED) is 0.647. The van der Waals surface area contributed by atoms with Crippen LogP contribution in [0.4, 0.5) is 13.2 Å². The number of nitrogens with zero attached hydrogens (tertiary/aromatic N) is 3. The second kappa shape index (κ2) is 5.97. The molecule has 0 saturated carbocycles. The molecule has 0 radical (unpaired) electrons. The molecule has 3 aromatic rings. The fraction of sp³-hybridized carbons (Fsp3) is 0.250. The number of halogens is 3. The largest absolute Gasteiger partial charge is 0.417 e. The lowest BCUT2D eigenvalue weighted by Crippen LogP contribution is -2.13. The van der Waals surface area contributed by atoms with E-state index in [4.69, 9.17) is 4.18 Å². The number of hydrogen-bond acceptors (Lipinski definition) is 5. The van der Waals surface area contributed by atoms with E-state index in [-0.39, 0.29) is 21.6 Å². The molecule has 0 bridgehead atoms. The van der Waals surface area contributed by atoms with E-state index in [1.165, 1.54) is 26.1 Å². The van der Waals surface area contributed by atoms with E-state index in [2.05, 4.69) is 10.1 Å². The summed E-state index contributed by atoms with van der Waals surface area (Å²) in [5.74, 6) is -0.673. The van der Waals surface area contributed by atoms with Gasteiger partial charge in [0.2, 0.25) is 5.88 Å². The monoisotopic (exact) mass is 385 g/mol. The zero-order valence-corrected chi connectivity index (χ0v) is 14.8. The first-order valence-corrected chi connectivity index (χ1v) is 8.82. The average Bonchev–Trinajstić information content (AvgIpc) is 2.80. The third kappa shape index (κ3) is 3.24. The van der Waals surface area contributed by atoms with Crippen molar-refractivity contribution < 1.29 is 25.8 Å². The van der Waals surface area contributed by atoms with Crippen molar-refractivity contribution in [2.75, 3.05) is 0 Å². The number of pyridine rings is 1. The Morgan fingerprint density at radius 1 is 1.12 bits per heavy atom. The summed E-state index contributed by atoms with van der Waals surface area (Å²) in [6, 6.07) is 6.30. The Balaban J connectivity index is 2.14. The first-order chi connectivity index (χ1) is 12.0. The molecular formula is C16H14F3N3O3S. The number of alkyl halides is 3. The van der Waals surface area contributed by atoms with Crippen molar-refractivity contribution in [3.8, 4) is 5.88 Å². The van der Waals surface area contributed by atoms with Gasteiger partial charge in [-0.2, -0.15) is 31.7 Å². The molecule has 0 unspecified atom stereocenters. The van der Waals surface area contributed by atoms with E-state index in [1.807, 2.05) is 0 Å². The summed E-state index contributed by atoms with van der Waals surface area (Å²) in [6.45, 7) is 3.19. The van der Waals surface area contributed by atoms with Gasteiger partial charge in [0.05, 0.1) is 16.6 Å². The van der Waals surface area contributed by atoms with Crippen LogP contribution in [-0.2, 0) is 23.3 Å². The van der Waals surface area contributed by atoms with Gasteiger partial charge in [0.1, 0.15) is 4.90 Å². The second-order valence-electron chi connectivity index (χ2n) is 5.76. The highest BCUT2D eigenvalue weighted by molar-refractivity contribution is 7.87. The summed E-state index contributed by atoms with van der Waals surface area (Å²) in [7, 11) is -2.91. The lowest BCUT2D eigenvalue weighted by Gasteiger charge is -2.12. The second-order valence-corrected chi connectivity index (χ2v) is 7.31. The van der Waals surface area contributed by atoms with Gasteiger partial charge in [0.15, 0.2) is 5.65 Å². The molecule has 138 valence electrons. The minimum absolute atomic E-state index is 0.119. The van der Waals surface area contributed by atoms with Gasteiger partial charge in [-0.3, -0.25) is 4.68 Å². The highest BCUT2D eigenvalue weighted by Crippen LogP contribution is 2.37. The lowest BCUT2D eigenvalue weighted by molar-refractivity contribution is -0.136. The van der Waals surface area contributed by atoms with E-state index in [0.29, 0.717) is 6.07 Å². The molecule has 0 fully saturated rings. The smallest absolute Gasteiger partial charge is 0.358 e. The van der Waals surface area contributed by atoms with E-state index in [0.717, 1.165) is 10.2 Å². The number of fused-ring (bicyclic) bond motifs is 1. The zero-order valence-electron chi connectivity index (χ0n) is 14.0. The molecule has 0 spiro atoms. The molecule has 26 heavy (non-hydrogen) atoms. The summed E-state index contributed by atoms with van der Waals surface area (Å²) in [5, 5.41) is 3.72. The van der Waals surface area contributed by atoms with Crippen LogP contribution in [-0.4, -0.2) is 23.2 Å². The minimum Gasteiger partial charge on any atom is -0.358 e. The maximum absolute atomic E-state index is 13.4. The minimum atomic E-state index is -4.72. The molecule has 1 aromatic carbocycles. The molecule has 2 heterocycles. The van der Waals surface area contributed by atoms with Gasteiger partial charge in [0.25, 0.3) is 0 Å². The third-order valence-electron chi connectivity index (χ3n) is 3.76. The van der Waals surface area contributed by atoms with Crippen LogP contribution in [0.1, 0.15) is 16.8 Å². The van der Waals surface area contributed by atoms with Crippen molar-refractivity contribution in [1.82, 2.24) is 14.8 Å². The van der Waals surface area contributed by atoms with Crippen LogP contribution in [0.3, 0.4) is 0 Å². The number of benzene rings is 1. The molecule has 0 N–H and O–H groups in total. The highest BCUT2D eigenvalue weighted by Gasteiger charge is 2.36. The summed E-state index contributed by atoms with van der Waals surface area (Å²) >= 11 is 0. The molecule has 0 aliphatic carbocycles. The van der Waals surface area contributed by atoms with Crippen molar-refractivity contribution in [1.29, 1.82) is 0 Å². The Hall–Kier alpha value is -2.62. The Morgan fingerprint density at radius 2 is 1.73 bits per heavy atom. The predicted octanol–water partition coefficient (Wildman–Crippen LogP) is 3.37. The summed E-state index contributed by atoms with van der Waals surface area (Å²) in [6.07, 6.45) is -4.72. The van der Waals surface area contributed by atoms with E-state index >= 15 is 0 Å². The van der Waals surface area contributed by atoms with Gasteiger partial charge < -0.3 is 4.18 Å². The van der Waals surface area contributed by atoms with Gasteiger partial charge in [-0.25, -0.2) is 0 Å². The van der Waals surface area contributed by atoms with Crippen molar-refractivity contribution in [3.63, 3.8) is 0 Å². The molecule has 10 heteroatoms. The van der Waals surface area contributed by atoms with Gasteiger partial charge in [-0.15, -0.1) is 0 Å². The van der Waals surface area contributed by atoms with Crippen LogP contribution in [0.15, 0.2) is 35.2 Å². The molecular weight excluding hydrogens is 371 g/mol. The number of rotatable bonds is 3. The van der Waals surface area contributed by atoms with Crippen molar-refractivity contribution in [3.05, 3.63) is 47.2 Å². The fourth-order valence-corrected chi connectivity index (χ4v) is 3.43. The zero-order chi connectivity index (χ0) is 19.3. The Labute approximate surface area is 147 Å². The standard InChI is InChI=1S/C16H14F3N3O3S/c1-9-4-6-11(7-5-9)26(23,24)25-13-8-12(16(17,18)19)14-10(2)21-22(3)15(14)20-13/h4-8H,1-3H3. The van der Waals surface area contributed by atoms with Crippen LogP contribution in [0, 0.1) is 13.8 Å². The molecule has 0 aliphatic heterocycles. The molecule has 0 amide bonds. The van der Waals surface area contributed by atoms with Crippen LogP contribution in [0.25, 0.3) is 11.0 Å². The summed E-state index contributed by atoms with van der Waals surface area (Å²) in [4.78, 5) is 3.72. The van der Waals surface area contributed by atoms with Crippen molar-refractivity contribution in [2.24, 2.45) is 7.05 Å². The normalized spacial score (nSPS) is 12.5. The van der Waals surface area contributed by atoms with Gasteiger partial charge in [-0.05, 0) is 26.0 Å². The van der Waals surface area contributed by atoms with Crippen molar-refractivity contribution in [2.45, 2.75) is 24.9 Å². The SMILES string of the molecule is Cc1ccc(S(=O)(=O)Oc2cc(C(F)(F)F)c3c(C)nn(C)c3n2)cc1. The van der Waals surface area contributed by atoms with Gasteiger partial charge >= 0.3 is 16.3 Å². The Kier molecular flexibility index (Phi) is 4.18. The van der Waals surface area contributed by atoms with Crippen LogP contribution in [0.5, 0.6) is 5.88 Å². The molecule has 0 atom stereocenters. The van der Waals surface area contributed by atoms with Gasteiger partial charge in [-0.1, -0.05) is 17.7 Å². The van der Waals surface area contributed by atoms with Crippen LogP contribution < -0.4 is 4.18 Å². The lowest BCUT2D eigenvalue weighted by atomic mass is 10.1. The number of aryl methyl sites for hydroxylation is 3. The summed E-state index contributed by atoms with van der Waals surface area (Å²) in [5.41, 5.74) is -0.211. The third-order valence-corrected chi connectivity index (χ3v) is 5.00. The predicted molar refractivity (Wildman–Crippen MR) is 87.2 cm³/mol. The number of hydrogen-bond donors (Lipinski definition) is 0. The maximum Gasteiger partial charge on any atom is 0.417 e. The first-order valence-electron chi connectivity index (χ1n) is 7.42.